The van der Waals surface area contributed by atoms with Gasteiger partial charge in [0.1, 0.15) is 10.8 Å². The van der Waals surface area contributed by atoms with Crippen LogP contribution in [0.1, 0.15) is 22.7 Å². The van der Waals surface area contributed by atoms with Crippen molar-refractivity contribution in [3.05, 3.63) is 86.9 Å². The smallest absolute Gasteiger partial charge is 0.300 e. The fraction of sp³-hybridized carbons (Fsp3) is 0.214. The highest BCUT2D eigenvalue weighted by Gasteiger charge is 2.47. The molecule has 0 radical (unpaired) electrons. The van der Waals surface area contributed by atoms with E-state index in [1.807, 2.05) is 62.3 Å². The number of methoxy groups -OCH3 is 2. The quantitative estimate of drug-likeness (QED) is 0.234. The molecular formula is C28H26Cl2N2O5. The lowest BCUT2D eigenvalue weighted by molar-refractivity contribution is -0.132. The number of ketones is 1. The number of hydrogen-bond donors (Lipinski definition) is 1. The zero-order chi connectivity index (χ0) is 27.0. The fourth-order valence-electron chi connectivity index (χ4n) is 4.37. The minimum absolute atomic E-state index is 0.0266. The van der Waals surface area contributed by atoms with Crippen molar-refractivity contribution in [2.45, 2.75) is 13.0 Å². The van der Waals surface area contributed by atoms with Crippen LogP contribution < -0.4 is 19.3 Å². The minimum Gasteiger partial charge on any atom is -0.507 e. The second kappa shape index (κ2) is 10.4. The maximum Gasteiger partial charge on any atom is 0.300 e. The molecule has 9 heteroatoms. The van der Waals surface area contributed by atoms with E-state index >= 15 is 0 Å². The van der Waals surface area contributed by atoms with Crippen LogP contribution in [0.2, 0.25) is 10.0 Å². The molecule has 1 amide bonds. The normalized spacial score (nSPS) is 16.7. The van der Waals surface area contributed by atoms with E-state index in [4.69, 9.17) is 32.7 Å². The Hall–Kier alpha value is -3.68. The van der Waals surface area contributed by atoms with Gasteiger partial charge in [0, 0.05) is 25.5 Å². The van der Waals surface area contributed by atoms with Crippen LogP contribution in [0.25, 0.3) is 5.76 Å². The highest BCUT2D eigenvalue weighted by Crippen LogP contribution is 2.48. The van der Waals surface area contributed by atoms with Crippen molar-refractivity contribution in [2.24, 2.45) is 0 Å². The molecule has 0 spiro atoms. The number of aryl methyl sites for hydroxylation is 1. The Morgan fingerprint density at radius 3 is 2.08 bits per heavy atom. The third kappa shape index (κ3) is 4.61. The molecule has 1 fully saturated rings. The average molecular weight is 541 g/mol. The van der Waals surface area contributed by atoms with E-state index in [-0.39, 0.29) is 32.7 Å². The second-order valence-electron chi connectivity index (χ2n) is 8.78. The third-order valence-corrected chi connectivity index (χ3v) is 6.90. The summed E-state index contributed by atoms with van der Waals surface area (Å²) in [5.74, 6) is -1.85. The predicted octanol–water partition coefficient (Wildman–Crippen LogP) is 6.01. The molecule has 1 aliphatic heterocycles. The maximum absolute atomic E-state index is 13.5. The number of nitrogens with zero attached hydrogens (tertiary/aromatic N) is 2. The topological polar surface area (TPSA) is 79.3 Å². The molecule has 3 aromatic carbocycles. The number of Topliss-reactive ketones (excluding diaryl/α,β-unsaturated/α-hetero) is 1. The maximum atomic E-state index is 13.5. The second-order valence-corrected chi connectivity index (χ2v) is 9.56. The molecule has 1 heterocycles. The first-order valence-electron chi connectivity index (χ1n) is 11.4. The van der Waals surface area contributed by atoms with Crippen molar-refractivity contribution in [1.29, 1.82) is 0 Å². The molecule has 0 aliphatic carbocycles. The summed E-state index contributed by atoms with van der Waals surface area (Å²) in [7, 11) is 6.60. The molecular weight excluding hydrogens is 515 g/mol. The van der Waals surface area contributed by atoms with Crippen LogP contribution in [0.15, 0.2) is 60.2 Å². The first-order valence-corrected chi connectivity index (χ1v) is 12.1. The lowest BCUT2D eigenvalue weighted by Crippen LogP contribution is -2.29. The molecule has 1 N–H and O–H groups in total. The van der Waals surface area contributed by atoms with Gasteiger partial charge in [-0.2, -0.15) is 0 Å². The molecule has 0 saturated carbocycles. The van der Waals surface area contributed by atoms with Crippen LogP contribution in [-0.2, 0) is 9.59 Å². The molecule has 1 atom stereocenters. The first kappa shape index (κ1) is 26.4. The fourth-order valence-corrected chi connectivity index (χ4v) is 5.05. The van der Waals surface area contributed by atoms with E-state index < -0.39 is 23.5 Å². The van der Waals surface area contributed by atoms with Gasteiger partial charge in [-0.15, -0.1) is 0 Å². The van der Waals surface area contributed by atoms with Gasteiger partial charge in [-0.25, -0.2) is 0 Å². The Morgan fingerprint density at radius 1 is 0.946 bits per heavy atom. The van der Waals surface area contributed by atoms with E-state index in [1.54, 1.807) is 12.1 Å². The zero-order valence-electron chi connectivity index (χ0n) is 21.0. The van der Waals surface area contributed by atoms with Gasteiger partial charge in [-0.3, -0.25) is 14.5 Å². The molecule has 0 aromatic heterocycles. The van der Waals surface area contributed by atoms with Crippen molar-refractivity contribution < 1.29 is 24.2 Å². The Balaban J connectivity index is 2.00. The number of amides is 1. The standard InChI is InChI=1S/C28H26Cl2N2O5/c1-15-6-10-18(11-7-15)32-23(16-8-12-17(13-9-16)31(2)3)21(25(34)28(32)35)24(33)19-14-20(29)27(37-5)22(30)26(19)36-4/h6-14,23,33H,1-5H3/b24-21+. The molecule has 1 unspecified atom stereocenters. The Morgan fingerprint density at radius 2 is 1.54 bits per heavy atom. The van der Waals surface area contributed by atoms with Gasteiger partial charge in [-0.1, -0.05) is 53.0 Å². The molecule has 7 nitrogen and oxygen atoms in total. The van der Waals surface area contributed by atoms with Gasteiger partial charge in [0.05, 0.1) is 36.4 Å². The summed E-state index contributed by atoms with van der Waals surface area (Å²) >= 11 is 12.8. The average Bonchev–Trinajstić information content (AvgIpc) is 3.14. The lowest BCUT2D eigenvalue weighted by atomic mass is 9.94. The number of benzene rings is 3. The molecule has 3 aromatic rings. The number of ether oxygens (including phenoxy) is 2. The van der Waals surface area contributed by atoms with Crippen molar-refractivity contribution in [2.75, 3.05) is 38.1 Å². The molecule has 1 saturated heterocycles. The molecule has 37 heavy (non-hydrogen) atoms. The molecule has 0 bridgehead atoms. The molecule has 192 valence electrons. The minimum atomic E-state index is -0.914. The highest BCUT2D eigenvalue weighted by molar-refractivity contribution is 6.52. The Labute approximate surface area is 225 Å². The SMILES string of the molecule is COc1c(Cl)cc(/C(O)=C2\C(=O)C(=O)N(c3ccc(C)cc3)C2c2ccc(N(C)C)cc2)c(OC)c1Cl. The van der Waals surface area contributed by atoms with E-state index in [0.717, 1.165) is 11.3 Å². The first-order chi connectivity index (χ1) is 17.6. The van der Waals surface area contributed by atoms with Crippen LogP contribution in [-0.4, -0.2) is 45.1 Å². The van der Waals surface area contributed by atoms with Crippen LogP contribution >= 0.6 is 23.2 Å². The number of carbonyl (C=O) groups is 2. The summed E-state index contributed by atoms with van der Waals surface area (Å²) in [6, 6.07) is 15.1. The van der Waals surface area contributed by atoms with E-state index in [2.05, 4.69) is 0 Å². The summed E-state index contributed by atoms with van der Waals surface area (Å²) in [5.41, 5.74) is 3.04. The number of anilines is 2. The van der Waals surface area contributed by atoms with Gasteiger partial charge in [0.25, 0.3) is 11.7 Å². The Kier molecular flexibility index (Phi) is 7.39. The van der Waals surface area contributed by atoms with E-state index in [9.17, 15) is 14.7 Å². The molecule has 1 aliphatic rings. The van der Waals surface area contributed by atoms with E-state index in [1.165, 1.54) is 25.2 Å². The Bertz CT molecular complexity index is 1400. The van der Waals surface area contributed by atoms with E-state index in [0.29, 0.717) is 11.3 Å². The third-order valence-electron chi connectivity index (χ3n) is 6.28. The number of rotatable bonds is 6. The van der Waals surface area contributed by atoms with Crippen molar-refractivity contribution in [3.63, 3.8) is 0 Å². The van der Waals surface area contributed by atoms with Crippen LogP contribution in [0.5, 0.6) is 11.5 Å². The summed E-state index contributed by atoms with van der Waals surface area (Å²) in [6.07, 6.45) is 0. The number of carbonyl (C=O) groups excluding carboxylic acids is 2. The predicted molar refractivity (Wildman–Crippen MR) is 146 cm³/mol. The monoisotopic (exact) mass is 540 g/mol. The van der Waals surface area contributed by atoms with Gasteiger partial charge in [-0.05, 0) is 42.8 Å². The zero-order valence-corrected chi connectivity index (χ0v) is 22.5. The summed E-state index contributed by atoms with van der Waals surface area (Å²) in [6.45, 7) is 1.93. The van der Waals surface area contributed by atoms with Crippen molar-refractivity contribution in [1.82, 2.24) is 0 Å². The number of aliphatic hydroxyl groups is 1. The number of hydrogen-bond acceptors (Lipinski definition) is 6. The van der Waals surface area contributed by atoms with Gasteiger partial charge in [0.15, 0.2) is 11.5 Å². The summed E-state index contributed by atoms with van der Waals surface area (Å²) < 4.78 is 10.7. The van der Waals surface area contributed by atoms with Gasteiger partial charge < -0.3 is 19.5 Å². The highest BCUT2D eigenvalue weighted by atomic mass is 35.5. The van der Waals surface area contributed by atoms with Gasteiger partial charge >= 0.3 is 0 Å². The summed E-state index contributed by atoms with van der Waals surface area (Å²) in [4.78, 5) is 30.2. The lowest BCUT2D eigenvalue weighted by Gasteiger charge is -2.26. The summed E-state index contributed by atoms with van der Waals surface area (Å²) in [5, 5.41) is 11.7. The van der Waals surface area contributed by atoms with Crippen LogP contribution in [0, 0.1) is 6.92 Å². The van der Waals surface area contributed by atoms with Crippen LogP contribution in [0.4, 0.5) is 11.4 Å². The number of halogens is 2. The van der Waals surface area contributed by atoms with Crippen molar-refractivity contribution in [3.8, 4) is 11.5 Å². The number of aliphatic hydroxyl groups excluding tert-OH is 1. The molecule has 4 rings (SSSR count). The van der Waals surface area contributed by atoms with Crippen molar-refractivity contribution >= 4 is 52.0 Å². The van der Waals surface area contributed by atoms with Gasteiger partial charge in [0.2, 0.25) is 0 Å². The largest absolute Gasteiger partial charge is 0.507 e. The van der Waals surface area contributed by atoms with Crippen LogP contribution in [0.3, 0.4) is 0 Å².